The van der Waals surface area contributed by atoms with E-state index in [-0.39, 0.29) is 18.2 Å². The first-order chi connectivity index (χ1) is 10.2. The highest BCUT2D eigenvalue weighted by Crippen LogP contribution is 2.24. The van der Waals surface area contributed by atoms with E-state index in [1.54, 1.807) is 32.0 Å². The molecule has 0 aliphatic rings. The van der Waals surface area contributed by atoms with Gasteiger partial charge in [-0.1, -0.05) is 13.8 Å². The zero-order chi connectivity index (χ0) is 16.8. The second-order valence-corrected chi connectivity index (χ2v) is 5.45. The third-order valence-corrected chi connectivity index (χ3v) is 3.17. The molecular weight excluding hydrogens is 293 g/mol. The molecule has 1 aromatic carbocycles. The summed E-state index contributed by atoms with van der Waals surface area (Å²) < 4.78 is 36.3. The molecule has 0 aliphatic carbocycles. The Morgan fingerprint density at radius 3 is 2.55 bits per heavy atom. The number of alkyl halides is 3. The number of hydrogen-bond acceptors (Lipinski definition) is 2. The fraction of sp³-hybridized carbons (Fsp3) is 0.500. The van der Waals surface area contributed by atoms with Gasteiger partial charge in [-0.3, -0.25) is 4.79 Å². The summed E-state index contributed by atoms with van der Waals surface area (Å²) in [5, 5.41) is 11.8. The zero-order valence-corrected chi connectivity index (χ0v) is 12.6. The minimum atomic E-state index is -4.15. The van der Waals surface area contributed by atoms with Crippen LogP contribution in [0.2, 0.25) is 0 Å². The molecule has 0 atom stereocenters. The van der Waals surface area contributed by atoms with E-state index in [1.807, 2.05) is 6.07 Å². The molecule has 1 aromatic rings. The van der Waals surface area contributed by atoms with Gasteiger partial charge < -0.3 is 5.32 Å². The maximum atomic E-state index is 12.1. The summed E-state index contributed by atoms with van der Waals surface area (Å²) in [7, 11) is 0. The van der Waals surface area contributed by atoms with E-state index in [1.165, 1.54) is 0 Å². The van der Waals surface area contributed by atoms with Crippen molar-refractivity contribution in [2.24, 2.45) is 5.92 Å². The van der Waals surface area contributed by atoms with Crippen LogP contribution in [0.4, 0.5) is 18.9 Å². The molecule has 6 heteroatoms. The van der Waals surface area contributed by atoms with Gasteiger partial charge in [-0.25, -0.2) is 0 Å². The van der Waals surface area contributed by atoms with E-state index in [0.29, 0.717) is 29.7 Å². The van der Waals surface area contributed by atoms with Crippen molar-refractivity contribution in [2.45, 2.75) is 45.7 Å². The molecule has 0 radical (unpaired) electrons. The second kappa shape index (κ2) is 7.83. The molecule has 0 unspecified atom stereocenters. The van der Waals surface area contributed by atoms with Crippen molar-refractivity contribution < 1.29 is 18.0 Å². The number of carbonyl (C=O) groups excluding carboxylic acids is 1. The summed E-state index contributed by atoms with van der Waals surface area (Å²) in [5.41, 5.74) is 1.64. The lowest BCUT2D eigenvalue weighted by atomic mass is 10.0. The lowest BCUT2D eigenvalue weighted by molar-refractivity contribution is -0.135. The number of anilines is 1. The van der Waals surface area contributed by atoms with Crippen LogP contribution in [0.3, 0.4) is 0 Å². The predicted molar refractivity (Wildman–Crippen MR) is 78.2 cm³/mol. The Balaban J connectivity index is 2.71. The van der Waals surface area contributed by atoms with E-state index in [0.717, 1.165) is 0 Å². The highest BCUT2D eigenvalue weighted by atomic mass is 19.4. The number of benzene rings is 1. The Kier molecular flexibility index (Phi) is 6.41. The van der Waals surface area contributed by atoms with Crippen LogP contribution in [0, 0.1) is 17.2 Å². The summed E-state index contributed by atoms with van der Waals surface area (Å²) in [4.78, 5) is 11.6. The topological polar surface area (TPSA) is 52.9 Å². The lowest BCUT2D eigenvalue weighted by Gasteiger charge is -2.11. The molecule has 0 saturated heterocycles. The van der Waals surface area contributed by atoms with E-state index >= 15 is 0 Å². The van der Waals surface area contributed by atoms with Gasteiger partial charge in [-0.05, 0) is 43.0 Å². The van der Waals surface area contributed by atoms with Crippen LogP contribution in [0.25, 0.3) is 0 Å². The van der Waals surface area contributed by atoms with Crippen LogP contribution in [0.15, 0.2) is 18.2 Å². The van der Waals surface area contributed by atoms with Gasteiger partial charge in [0.05, 0.1) is 11.6 Å². The number of rotatable bonds is 6. The summed E-state index contributed by atoms with van der Waals surface area (Å²) in [6.45, 7) is 3.52. The van der Waals surface area contributed by atoms with Gasteiger partial charge in [0.15, 0.2) is 0 Å². The molecule has 22 heavy (non-hydrogen) atoms. The van der Waals surface area contributed by atoms with Gasteiger partial charge >= 0.3 is 6.18 Å². The summed E-state index contributed by atoms with van der Waals surface area (Å²) in [5.74, 6) is -0.321. The SMILES string of the molecule is CC(C)C(=O)Nc1ccc(C#N)c(CCCCC(F)(F)F)c1. The van der Waals surface area contributed by atoms with Crippen LogP contribution in [0.5, 0.6) is 0 Å². The molecule has 1 amide bonds. The van der Waals surface area contributed by atoms with Crippen molar-refractivity contribution in [3.63, 3.8) is 0 Å². The summed E-state index contributed by atoms with van der Waals surface area (Å²) in [6, 6.07) is 6.88. The number of carbonyl (C=O) groups is 1. The number of nitriles is 1. The van der Waals surface area contributed by atoms with Crippen molar-refractivity contribution in [1.82, 2.24) is 0 Å². The molecule has 0 aliphatic heterocycles. The van der Waals surface area contributed by atoms with E-state index in [2.05, 4.69) is 5.32 Å². The first-order valence-corrected chi connectivity index (χ1v) is 7.13. The number of amides is 1. The van der Waals surface area contributed by atoms with Gasteiger partial charge in [0.2, 0.25) is 5.91 Å². The Hall–Kier alpha value is -2.03. The number of hydrogen-bond donors (Lipinski definition) is 1. The van der Waals surface area contributed by atoms with E-state index in [4.69, 9.17) is 5.26 Å². The first-order valence-electron chi connectivity index (χ1n) is 7.13. The molecule has 0 heterocycles. The molecule has 3 nitrogen and oxygen atoms in total. The Morgan fingerprint density at radius 1 is 1.32 bits per heavy atom. The number of aryl methyl sites for hydroxylation is 1. The van der Waals surface area contributed by atoms with Gasteiger partial charge in [-0.15, -0.1) is 0 Å². The number of unbranched alkanes of at least 4 members (excludes halogenated alkanes) is 1. The highest BCUT2D eigenvalue weighted by Gasteiger charge is 2.25. The monoisotopic (exact) mass is 312 g/mol. The van der Waals surface area contributed by atoms with Crippen LogP contribution in [-0.4, -0.2) is 12.1 Å². The molecule has 0 bridgehead atoms. The third-order valence-electron chi connectivity index (χ3n) is 3.17. The predicted octanol–water partition coefficient (Wildman–Crippen LogP) is 4.43. The molecule has 0 spiro atoms. The maximum Gasteiger partial charge on any atom is 0.389 e. The second-order valence-electron chi connectivity index (χ2n) is 5.45. The average Bonchev–Trinajstić information content (AvgIpc) is 2.42. The van der Waals surface area contributed by atoms with Gasteiger partial charge in [0.25, 0.3) is 0 Å². The Morgan fingerprint density at radius 2 is 2.00 bits per heavy atom. The number of nitrogens with one attached hydrogen (secondary N) is 1. The molecule has 0 saturated carbocycles. The summed E-state index contributed by atoms with van der Waals surface area (Å²) in [6.07, 6.45) is -4.22. The third kappa shape index (κ3) is 6.17. The van der Waals surface area contributed by atoms with Crippen molar-refractivity contribution in [1.29, 1.82) is 5.26 Å². The molecule has 120 valence electrons. The van der Waals surface area contributed by atoms with Crippen molar-refractivity contribution >= 4 is 11.6 Å². The number of nitrogens with zero attached hydrogens (tertiary/aromatic N) is 1. The van der Waals surface area contributed by atoms with Crippen LogP contribution < -0.4 is 5.32 Å². The fourth-order valence-electron chi connectivity index (χ4n) is 1.91. The van der Waals surface area contributed by atoms with E-state index in [9.17, 15) is 18.0 Å². The Labute approximate surface area is 128 Å². The smallest absolute Gasteiger partial charge is 0.326 e. The van der Waals surface area contributed by atoms with Crippen LogP contribution in [-0.2, 0) is 11.2 Å². The molecule has 1 rings (SSSR count). The molecule has 0 fully saturated rings. The van der Waals surface area contributed by atoms with Crippen molar-refractivity contribution in [2.75, 3.05) is 5.32 Å². The minimum absolute atomic E-state index is 0.0248. The van der Waals surface area contributed by atoms with Crippen molar-refractivity contribution in [3.8, 4) is 6.07 Å². The van der Waals surface area contributed by atoms with Gasteiger partial charge in [0, 0.05) is 18.0 Å². The van der Waals surface area contributed by atoms with Gasteiger partial charge in [-0.2, -0.15) is 18.4 Å². The summed E-state index contributed by atoms with van der Waals surface area (Å²) >= 11 is 0. The molecular formula is C16H19F3N2O. The maximum absolute atomic E-state index is 12.1. The van der Waals surface area contributed by atoms with Crippen LogP contribution in [0.1, 0.15) is 44.2 Å². The average molecular weight is 312 g/mol. The minimum Gasteiger partial charge on any atom is -0.326 e. The highest BCUT2D eigenvalue weighted by molar-refractivity contribution is 5.92. The molecule has 1 N–H and O–H groups in total. The van der Waals surface area contributed by atoms with Crippen LogP contribution >= 0.6 is 0 Å². The Bertz CT molecular complexity index is 559. The first kappa shape index (κ1) is 18.0. The fourth-order valence-corrected chi connectivity index (χ4v) is 1.91. The van der Waals surface area contributed by atoms with Crippen molar-refractivity contribution in [3.05, 3.63) is 29.3 Å². The van der Waals surface area contributed by atoms with E-state index < -0.39 is 12.6 Å². The number of halogens is 3. The normalized spacial score (nSPS) is 11.3. The standard InChI is InChI=1S/C16H19F3N2O/c1-11(2)15(22)21-14-7-6-13(10-20)12(9-14)5-3-4-8-16(17,18)19/h6-7,9,11H,3-5,8H2,1-2H3,(H,21,22). The molecule has 0 aromatic heterocycles. The quantitative estimate of drug-likeness (QED) is 0.790. The zero-order valence-electron chi connectivity index (χ0n) is 12.6. The lowest BCUT2D eigenvalue weighted by Crippen LogP contribution is -2.17. The van der Waals surface area contributed by atoms with Gasteiger partial charge in [0.1, 0.15) is 0 Å². The largest absolute Gasteiger partial charge is 0.389 e.